The predicted molar refractivity (Wildman–Crippen MR) is 272 cm³/mol. The zero-order valence-electron chi connectivity index (χ0n) is 38.9. The molecule has 73 heavy (non-hydrogen) atoms. The van der Waals surface area contributed by atoms with Crippen molar-refractivity contribution in [2.75, 3.05) is 12.4 Å². The summed E-state index contributed by atoms with van der Waals surface area (Å²) < 4.78 is 109. The Labute approximate surface area is 416 Å². The highest BCUT2D eigenvalue weighted by Crippen LogP contribution is 2.43. The predicted octanol–water partition coefficient (Wildman–Crippen LogP) is 12.4. The van der Waals surface area contributed by atoms with E-state index < -0.39 is 56.5 Å². The fourth-order valence-corrected chi connectivity index (χ4v) is 9.95. The van der Waals surface area contributed by atoms with Crippen LogP contribution in [-0.4, -0.2) is 66.1 Å². The van der Waals surface area contributed by atoms with Crippen molar-refractivity contribution in [1.82, 2.24) is 15.0 Å². The molecule has 24 heteroatoms. The Balaban J connectivity index is 0.943. The average Bonchev–Trinajstić information content (AvgIpc) is 3.75. The molecule has 1 aromatic heterocycles. The van der Waals surface area contributed by atoms with Crippen LogP contribution in [0.1, 0.15) is 22.3 Å². The number of benzene rings is 8. The summed E-state index contributed by atoms with van der Waals surface area (Å²) >= 11 is 0. The smallest absolute Gasteiger partial charge is 0.296 e. The number of aromatic nitrogens is 3. The highest BCUT2D eigenvalue weighted by Gasteiger charge is 2.24. The van der Waals surface area contributed by atoms with E-state index in [-0.39, 0.29) is 16.5 Å². The van der Waals surface area contributed by atoms with Gasteiger partial charge in [0.15, 0.2) is 5.75 Å². The fourth-order valence-electron chi connectivity index (χ4n) is 7.94. The first kappa shape index (κ1) is 49.6. The van der Waals surface area contributed by atoms with Crippen molar-refractivity contribution in [2.24, 2.45) is 30.7 Å². The van der Waals surface area contributed by atoms with E-state index in [2.05, 4.69) is 46.2 Å². The average molecular weight is 1040 g/mol. The largest absolute Gasteiger partial charge is 0.505 e. The number of azo groups is 3. The maximum Gasteiger partial charge on any atom is 0.296 e. The number of hydrogen-bond donors (Lipinski definition) is 5. The van der Waals surface area contributed by atoms with E-state index in [1.54, 1.807) is 68.4 Å². The maximum absolute atomic E-state index is 12.6. The summed E-state index contributed by atoms with van der Waals surface area (Å²) in [5.41, 5.74) is 6.97. The molecule has 0 atom stereocenters. The molecule has 9 aromatic rings. The molecule has 9 rings (SSSR count). The van der Waals surface area contributed by atoms with Crippen molar-refractivity contribution in [1.29, 1.82) is 0 Å². The standard InChI is InChI=1S/C49H40N10O11S3/c1-26-18-40(53-56-48-46(73(67,68)69)21-31-19-33(12-14-37(31)49(48)60)50-32-9-7-6-8-10-32)27(2)17-39(26)52-55-47-28(3)15-34(16-29(47)4)51-54-43-24-41-42(25-44(43)70-5)58-59(57-41)35-13-11-30-20-36(71(61,62)63)23-45(38(30)22-35)72(64,65)66/h6-25,50,60H,1-5H3,(H,61,62,63)(H,64,65,66)(H,67,68,69). The van der Waals surface area contributed by atoms with Crippen LogP contribution in [0.15, 0.2) is 167 Å². The third-order valence-corrected chi connectivity index (χ3v) is 14.1. The van der Waals surface area contributed by atoms with Gasteiger partial charge in [0.1, 0.15) is 37.9 Å². The minimum Gasteiger partial charge on any atom is -0.505 e. The first-order chi connectivity index (χ1) is 34.5. The molecule has 0 amide bonds. The Morgan fingerprint density at radius 2 is 1.14 bits per heavy atom. The number of phenolic OH excluding ortho intramolecular Hbond substituents is 1. The number of anilines is 2. The minimum atomic E-state index is -4.93. The molecule has 0 saturated heterocycles. The summed E-state index contributed by atoms with van der Waals surface area (Å²) in [5, 5.41) is 50.6. The van der Waals surface area contributed by atoms with Crippen LogP contribution in [-0.2, 0) is 30.4 Å². The number of methoxy groups -OCH3 is 1. The monoisotopic (exact) mass is 1040 g/mol. The van der Waals surface area contributed by atoms with Crippen LogP contribution in [0.4, 0.5) is 45.5 Å². The van der Waals surface area contributed by atoms with Crippen LogP contribution >= 0.6 is 0 Å². The van der Waals surface area contributed by atoms with Crippen molar-refractivity contribution in [3.8, 4) is 17.2 Å². The molecular weight excluding hydrogens is 1000 g/mol. The van der Waals surface area contributed by atoms with E-state index in [1.807, 2.05) is 44.2 Å². The van der Waals surface area contributed by atoms with E-state index in [0.717, 1.165) is 22.9 Å². The van der Waals surface area contributed by atoms with Crippen molar-refractivity contribution >= 4 is 108 Å². The SMILES string of the molecule is COc1cc2nn(-c3ccc4cc(S(=O)(=O)O)cc(S(=O)(=O)O)c4c3)nc2cc1N=Nc1cc(C)c(N=Nc2cc(C)c(N=Nc3c(S(=O)(=O)O)cc4cc(Nc5ccccc5)ccc4c3O)cc2C)c(C)c1. The van der Waals surface area contributed by atoms with Gasteiger partial charge in [0.2, 0.25) is 0 Å². The molecule has 8 aromatic carbocycles. The molecule has 21 nitrogen and oxygen atoms in total. The maximum atomic E-state index is 12.6. The lowest BCUT2D eigenvalue weighted by Gasteiger charge is -2.12. The summed E-state index contributed by atoms with van der Waals surface area (Å²) in [7, 11) is -13.1. The number of ether oxygens (including phenoxy) is 1. The van der Waals surface area contributed by atoms with Gasteiger partial charge < -0.3 is 15.2 Å². The molecule has 1 heterocycles. The van der Waals surface area contributed by atoms with Crippen molar-refractivity contribution in [3.63, 3.8) is 0 Å². The van der Waals surface area contributed by atoms with E-state index in [4.69, 9.17) is 4.74 Å². The zero-order chi connectivity index (χ0) is 52.1. The molecule has 0 radical (unpaired) electrons. The van der Waals surface area contributed by atoms with Gasteiger partial charge in [0.05, 0.1) is 40.4 Å². The molecule has 0 unspecified atom stereocenters. The summed E-state index contributed by atoms with van der Waals surface area (Å²) in [4.78, 5) is -0.861. The quantitative estimate of drug-likeness (QED) is 0.0530. The Bertz CT molecular complexity index is 4180. The molecule has 0 aliphatic rings. The highest BCUT2D eigenvalue weighted by molar-refractivity contribution is 7.87. The van der Waals surface area contributed by atoms with Crippen molar-refractivity contribution < 1.29 is 48.8 Å². The summed E-state index contributed by atoms with van der Waals surface area (Å²) in [6.07, 6.45) is 0. The summed E-state index contributed by atoms with van der Waals surface area (Å²) in [6.45, 7) is 7.23. The Kier molecular flexibility index (Phi) is 12.9. The van der Waals surface area contributed by atoms with Gasteiger partial charge >= 0.3 is 0 Å². The summed E-state index contributed by atoms with van der Waals surface area (Å²) in [6, 6.07) is 31.6. The Morgan fingerprint density at radius 1 is 0.521 bits per heavy atom. The number of hydrogen-bond acceptors (Lipinski definition) is 17. The number of rotatable bonds is 13. The topological polar surface area (TPSA) is 309 Å². The van der Waals surface area contributed by atoms with Crippen molar-refractivity contribution in [2.45, 2.75) is 42.4 Å². The Morgan fingerprint density at radius 3 is 1.75 bits per heavy atom. The number of aryl methyl sites for hydroxylation is 4. The fraction of sp³-hybridized carbons (Fsp3) is 0.102. The summed E-state index contributed by atoms with van der Waals surface area (Å²) in [5.74, 6) is -0.166. The second-order valence-electron chi connectivity index (χ2n) is 16.7. The van der Waals surface area contributed by atoms with E-state index in [0.29, 0.717) is 78.9 Å². The zero-order valence-corrected chi connectivity index (χ0v) is 41.4. The van der Waals surface area contributed by atoms with Crippen LogP contribution in [0.25, 0.3) is 38.3 Å². The second-order valence-corrected chi connectivity index (χ2v) is 20.9. The molecule has 0 saturated carbocycles. The van der Waals surface area contributed by atoms with E-state index >= 15 is 0 Å². The molecule has 0 aliphatic heterocycles. The minimum absolute atomic E-state index is 0.0475. The van der Waals surface area contributed by atoms with Gasteiger partial charge in [-0.3, -0.25) is 13.7 Å². The first-order valence-electron chi connectivity index (χ1n) is 21.6. The highest BCUT2D eigenvalue weighted by atomic mass is 32.2. The number of nitrogens with one attached hydrogen (secondary N) is 1. The number of para-hydroxylation sites is 1. The third kappa shape index (κ3) is 10.4. The van der Waals surface area contributed by atoms with Crippen LogP contribution in [0.5, 0.6) is 11.5 Å². The number of aromatic hydroxyl groups is 1. The van der Waals surface area contributed by atoms with Gasteiger partial charge in [0, 0.05) is 28.2 Å². The van der Waals surface area contributed by atoms with Gasteiger partial charge in [-0.05, 0) is 152 Å². The lowest BCUT2D eigenvalue weighted by Crippen LogP contribution is -2.05. The van der Waals surface area contributed by atoms with Gasteiger partial charge in [-0.25, -0.2) is 0 Å². The molecular formula is C49H40N10O11S3. The van der Waals surface area contributed by atoms with Crippen LogP contribution in [0, 0.1) is 27.7 Å². The second kappa shape index (κ2) is 19.0. The first-order valence-corrected chi connectivity index (χ1v) is 25.9. The third-order valence-electron chi connectivity index (χ3n) is 11.5. The van der Waals surface area contributed by atoms with Crippen molar-refractivity contribution in [3.05, 3.63) is 144 Å². The van der Waals surface area contributed by atoms with Crippen LogP contribution < -0.4 is 10.1 Å². The number of fused-ring (bicyclic) bond motifs is 3. The van der Waals surface area contributed by atoms with Gasteiger partial charge in [-0.2, -0.15) is 45.4 Å². The Hall–Kier alpha value is -8.39. The lowest BCUT2D eigenvalue weighted by molar-refractivity contribution is 0.416. The number of nitrogens with zero attached hydrogens (tertiary/aromatic N) is 9. The van der Waals surface area contributed by atoms with Gasteiger partial charge in [-0.1, -0.05) is 24.3 Å². The van der Waals surface area contributed by atoms with Crippen LogP contribution in [0.3, 0.4) is 0 Å². The molecule has 0 fully saturated rings. The molecule has 0 aliphatic carbocycles. The normalized spacial score (nSPS) is 12.6. The molecule has 5 N–H and O–H groups in total. The van der Waals surface area contributed by atoms with E-state index in [1.165, 1.54) is 36.2 Å². The lowest BCUT2D eigenvalue weighted by atomic mass is 10.1. The van der Waals surface area contributed by atoms with Gasteiger partial charge in [-0.15, -0.1) is 25.5 Å². The molecule has 370 valence electrons. The van der Waals surface area contributed by atoms with Crippen LogP contribution in [0.2, 0.25) is 0 Å². The van der Waals surface area contributed by atoms with E-state index in [9.17, 15) is 44.0 Å². The molecule has 0 bridgehead atoms. The molecule has 0 spiro atoms. The van der Waals surface area contributed by atoms with Gasteiger partial charge in [0.25, 0.3) is 30.4 Å². The number of phenols is 1.